The van der Waals surface area contributed by atoms with Gasteiger partial charge in [-0.05, 0) is 55.7 Å². The lowest BCUT2D eigenvalue weighted by Crippen LogP contribution is -2.52. The Bertz CT molecular complexity index is 1020. The van der Waals surface area contributed by atoms with Crippen LogP contribution in [0, 0.1) is 5.82 Å². The predicted molar refractivity (Wildman–Crippen MR) is 130 cm³/mol. The molecule has 2 aliphatic heterocycles. The van der Waals surface area contributed by atoms with Gasteiger partial charge in [0.15, 0.2) is 0 Å². The standard InChI is InChI=1S/C25H32ClFN4O3/c1-5-17(2)22-7-6-8-24(30-11-12-34-16-18(30)3)31(22)25(33)29(4)15-23(32)28-14-19-9-10-20(26)21(27)13-19/h6-10,13,18H,5,11-12,14-16H2,1-4H3,(H,28,32)/b22-17+. The number of nitrogens with one attached hydrogen (secondary N) is 1. The molecule has 2 heterocycles. The van der Waals surface area contributed by atoms with Gasteiger partial charge in [0, 0.05) is 20.1 Å². The van der Waals surface area contributed by atoms with Crippen molar-refractivity contribution in [2.45, 2.75) is 39.8 Å². The number of allylic oxidation sites excluding steroid dienone is 4. The average Bonchev–Trinajstić information content (AvgIpc) is 2.83. The molecule has 1 fully saturated rings. The maximum Gasteiger partial charge on any atom is 0.330 e. The molecule has 184 valence electrons. The van der Waals surface area contributed by atoms with Crippen LogP contribution >= 0.6 is 11.6 Å². The zero-order valence-corrected chi connectivity index (χ0v) is 20.9. The highest BCUT2D eigenvalue weighted by molar-refractivity contribution is 6.30. The second-order valence-electron chi connectivity index (χ2n) is 8.52. The summed E-state index contributed by atoms with van der Waals surface area (Å²) < 4.78 is 19.2. The quantitative estimate of drug-likeness (QED) is 0.647. The molecule has 0 spiro atoms. The first-order valence-corrected chi connectivity index (χ1v) is 11.8. The van der Waals surface area contributed by atoms with Crippen LogP contribution in [0.15, 0.2) is 53.5 Å². The van der Waals surface area contributed by atoms with Gasteiger partial charge < -0.3 is 19.9 Å². The van der Waals surface area contributed by atoms with Crippen molar-refractivity contribution in [2.75, 3.05) is 33.4 Å². The first-order valence-electron chi connectivity index (χ1n) is 11.4. The number of halogens is 2. The van der Waals surface area contributed by atoms with Crippen molar-refractivity contribution in [3.8, 4) is 0 Å². The molecule has 9 heteroatoms. The molecule has 3 amide bonds. The van der Waals surface area contributed by atoms with Crippen molar-refractivity contribution in [3.63, 3.8) is 0 Å². The van der Waals surface area contributed by atoms with Crippen LogP contribution < -0.4 is 5.32 Å². The van der Waals surface area contributed by atoms with E-state index in [1.54, 1.807) is 18.0 Å². The average molecular weight is 491 g/mol. The minimum Gasteiger partial charge on any atom is -0.377 e. The number of hydrogen-bond donors (Lipinski definition) is 1. The topological polar surface area (TPSA) is 65.1 Å². The smallest absolute Gasteiger partial charge is 0.330 e. The summed E-state index contributed by atoms with van der Waals surface area (Å²) in [6.45, 7) is 7.95. The molecule has 1 atom stereocenters. The van der Waals surface area contributed by atoms with Crippen molar-refractivity contribution in [1.82, 2.24) is 20.0 Å². The van der Waals surface area contributed by atoms with E-state index in [4.69, 9.17) is 16.3 Å². The molecule has 0 radical (unpaired) electrons. The number of likely N-dealkylation sites (N-methyl/N-ethyl adjacent to an activating group) is 1. The molecule has 34 heavy (non-hydrogen) atoms. The highest BCUT2D eigenvalue weighted by Crippen LogP contribution is 2.29. The Labute approximate surface area is 205 Å². The summed E-state index contributed by atoms with van der Waals surface area (Å²) in [7, 11) is 1.60. The molecular formula is C25H32ClFN4O3. The Balaban J connectivity index is 1.73. The fourth-order valence-corrected chi connectivity index (χ4v) is 3.98. The van der Waals surface area contributed by atoms with Gasteiger partial charge in [-0.3, -0.25) is 4.79 Å². The number of ether oxygens (including phenoxy) is 1. The molecule has 1 N–H and O–H groups in total. The number of benzene rings is 1. The predicted octanol–water partition coefficient (Wildman–Crippen LogP) is 4.27. The second kappa shape index (κ2) is 11.5. The largest absolute Gasteiger partial charge is 0.377 e. The van der Waals surface area contributed by atoms with E-state index in [0.29, 0.717) is 25.3 Å². The van der Waals surface area contributed by atoms with Gasteiger partial charge in [-0.15, -0.1) is 0 Å². The van der Waals surface area contributed by atoms with Gasteiger partial charge in [0.05, 0.1) is 30.0 Å². The SMILES string of the molecule is CC/C(C)=C1\C=CC=C(N2CCOCC2C)N1C(=O)N(C)CC(=O)NCc1ccc(Cl)c(F)c1. The molecule has 0 saturated carbocycles. The van der Waals surface area contributed by atoms with E-state index < -0.39 is 5.82 Å². The number of carbonyl (C=O) groups excluding carboxylic acids is 2. The summed E-state index contributed by atoms with van der Waals surface area (Å²) >= 11 is 5.71. The third kappa shape index (κ3) is 5.98. The number of nitrogens with zero attached hydrogens (tertiary/aromatic N) is 3. The van der Waals surface area contributed by atoms with Gasteiger partial charge >= 0.3 is 6.03 Å². The number of morpholine rings is 1. The highest BCUT2D eigenvalue weighted by Gasteiger charge is 2.33. The van der Waals surface area contributed by atoms with Crippen molar-refractivity contribution < 1.29 is 18.7 Å². The lowest BCUT2D eigenvalue weighted by molar-refractivity contribution is -0.121. The molecule has 0 bridgehead atoms. The van der Waals surface area contributed by atoms with Crippen LogP contribution in [0.5, 0.6) is 0 Å². The summed E-state index contributed by atoms with van der Waals surface area (Å²) in [6.07, 6.45) is 6.59. The molecule has 1 saturated heterocycles. The minimum atomic E-state index is -0.541. The zero-order chi connectivity index (χ0) is 24.8. The van der Waals surface area contributed by atoms with Crippen molar-refractivity contribution in [2.24, 2.45) is 0 Å². The van der Waals surface area contributed by atoms with E-state index in [-0.39, 0.29) is 36.1 Å². The summed E-state index contributed by atoms with van der Waals surface area (Å²) in [4.78, 5) is 31.4. The Morgan fingerprint density at radius 1 is 1.35 bits per heavy atom. The van der Waals surface area contributed by atoms with Gasteiger partial charge in [-0.25, -0.2) is 14.1 Å². The van der Waals surface area contributed by atoms with Gasteiger partial charge in [-0.2, -0.15) is 0 Å². The van der Waals surface area contributed by atoms with Gasteiger partial charge in [0.2, 0.25) is 5.91 Å². The molecule has 7 nitrogen and oxygen atoms in total. The van der Waals surface area contributed by atoms with E-state index in [1.165, 1.54) is 17.0 Å². The monoisotopic (exact) mass is 490 g/mol. The van der Waals surface area contributed by atoms with Crippen LogP contribution in [-0.2, 0) is 16.1 Å². The second-order valence-corrected chi connectivity index (χ2v) is 8.93. The molecule has 0 aromatic heterocycles. The van der Waals surface area contributed by atoms with Gasteiger partial charge in [0.25, 0.3) is 0 Å². The van der Waals surface area contributed by atoms with E-state index in [2.05, 4.69) is 17.1 Å². The van der Waals surface area contributed by atoms with Gasteiger partial charge in [-0.1, -0.05) is 30.7 Å². The molecule has 1 aromatic rings. The first-order chi connectivity index (χ1) is 16.2. The van der Waals surface area contributed by atoms with E-state index in [0.717, 1.165) is 23.5 Å². The van der Waals surface area contributed by atoms with E-state index >= 15 is 0 Å². The van der Waals surface area contributed by atoms with E-state index in [9.17, 15) is 14.0 Å². The van der Waals surface area contributed by atoms with Crippen LogP contribution in [-0.4, -0.2) is 66.0 Å². The molecule has 1 aromatic carbocycles. The summed E-state index contributed by atoms with van der Waals surface area (Å²) in [5.41, 5.74) is 2.46. The molecule has 1 unspecified atom stereocenters. The van der Waals surface area contributed by atoms with Crippen molar-refractivity contribution in [3.05, 3.63) is 69.9 Å². The van der Waals surface area contributed by atoms with Crippen LogP contribution in [0.3, 0.4) is 0 Å². The number of amides is 3. The molecular weight excluding hydrogens is 459 g/mol. The first kappa shape index (κ1) is 25.8. The number of carbonyl (C=O) groups is 2. The fourth-order valence-electron chi connectivity index (χ4n) is 3.86. The lowest BCUT2D eigenvalue weighted by atomic mass is 10.1. The third-order valence-corrected chi connectivity index (χ3v) is 6.28. The normalized spacial score (nSPS) is 19.6. The highest BCUT2D eigenvalue weighted by atomic mass is 35.5. The van der Waals surface area contributed by atoms with Crippen LogP contribution in [0.4, 0.5) is 9.18 Å². The van der Waals surface area contributed by atoms with Crippen LogP contribution in [0.2, 0.25) is 5.02 Å². The fraction of sp³-hybridized carbons (Fsp3) is 0.440. The Morgan fingerprint density at radius 2 is 2.12 bits per heavy atom. The number of rotatable bonds is 6. The Morgan fingerprint density at radius 3 is 2.79 bits per heavy atom. The maximum atomic E-state index is 13.6. The van der Waals surface area contributed by atoms with Crippen molar-refractivity contribution >= 4 is 23.5 Å². The van der Waals surface area contributed by atoms with Crippen LogP contribution in [0.25, 0.3) is 0 Å². The van der Waals surface area contributed by atoms with Gasteiger partial charge in [0.1, 0.15) is 18.2 Å². The molecule has 0 aliphatic carbocycles. The maximum absolute atomic E-state index is 13.6. The Hall–Kier alpha value is -2.84. The third-order valence-electron chi connectivity index (χ3n) is 5.97. The zero-order valence-electron chi connectivity index (χ0n) is 20.1. The summed E-state index contributed by atoms with van der Waals surface area (Å²) in [6, 6.07) is 4.18. The minimum absolute atomic E-state index is 0.0284. The number of urea groups is 1. The summed E-state index contributed by atoms with van der Waals surface area (Å²) in [5.74, 6) is -0.113. The molecule has 3 rings (SSSR count). The summed E-state index contributed by atoms with van der Waals surface area (Å²) in [5, 5.41) is 2.76. The molecule has 2 aliphatic rings. The lowest BCUT2D eigenvalue weighted by Gasteiger charge is -2.43. The van der Waals surface area contributed by atoms with E-state index in [1.807, 2.05) is 32.1 Å². The van der Waals surface area contributed by atoms with Crippen LogP contribution in [0.1, 0.15) is 32.8 Å². The Kier molecular flexibility index (Phi) is 8.74. The number of hydrogen-bond acceptors (Lipinski definition) is 4. The van der Waals surface area contributed by atoms with Crippen molar-refractivity contribution in [1.29, 1.82) is 0 Å².